The first-order valence-electron chi connectivity index (χ1n) is 8.71. The zero-order chi connectivity index (χ0) is 20.0. The quantitative estimate of drug-likeness (QED) is 0.0728. The van der Waals surface area contributed by atoms with Gasteiger partial charge in [0.2, 0.25) is 0 Å². The Labute approximate surface area is 155 Å². The fraction of sp³-hybridized carbons (Fsp3) is 0.632. The van der Waals surface area contributed by atoms with Crippen LogP contribution in [0.15, 0.2) is 24.3 Å². The number of esters is 1. The van der Waals surface area contributed by atoms with Crippen molar-refractivity contribution < 1.29 is 28.6 Å². The van der Waals surface area contributed by atoms with E-state index in [2.05, 4.69) is 16.5 Å². The van der Waals surface area contributed by atoms with Gasteiger partial charge >= 0.3 is 11.7 Å². The monoisotopic (exact) mass is 366 g/mol. The molecule has 0 saturated heterocycles. The van der Waals surface area contributed by atoms with Crippen LogP contribution in [-0.4, -0.2) is 48.4 Å². The highest BCUT2D eigenvalue weighted by molar-refractivity contribution is 6.62. The van der Waals surface area contributed by atoms with E-state index in [0.29, 0.717) is 0 Å². The summed E-state index contributed by atoms with van der Waals surface area (Å²) in [7, 11) is 2.59. The summed E-state index contributed by atoms with van der Waals surface area (Å²) in [6.45, 7) is 5.57. The van der Waals surface area contributed by atoms with Crippen LogP contribution in [0.25, 0.3) is 5.53 Å². The molecule has 26 heavy (non-hydrogen) atoms. The van der Waals surface area contributed by atoms with E-state index in [0.717, 1.165) is 20.0 Å². The molecule has 0 amide bonds. The van der Waals surface area contributed by atoms with Crippen LogP contribution in [-0.2, 0) is 23.8 Å². The number of rotatable bonds is 13. The van der Waals surface area contributed by atoms with Gasteiger partial charge in [0.1, 0.15) is 0 Å². The molecule has 0 heterocycles. The third kappa shape index (κ3) is 10.0. The van der Waals surface area contributed by atoms with Crippen molar-refractivity contribution in [2.75, 3.05) is 14.2 Å². The van der Waals surface area contributed by atoms with Crippen LogP contribution < -0.4 is 0 Å². The second-order valence-corrected chi connectivity index (χ2v) is 6.14. The van der Waals surface area contributed by atoms with Crippen LogP contribution in [0.5, 0.6) is 0 Å². The predicted molar refractivity (Wildman–Crippen MR) is 98.6 cm³/mol. The highest BCUT2D eigenvalue weighted by atomic mass is 16.7. The maximum absolute atomic E-state index is 12.2. The van der Waals surface area contributed by atoms with Gasteiger partial charge < -0.3 is 19.7 Å². The van der Waals surface area contributed by atoms with Crippen molar-refractivity contribution >= 4 is 17.5 Å². The number of ketones is 1. The minimum Gasteiger partial charge on any atom is -0.460 e. The Morgan fingerprint density at radius 1 is 1.19 bits per heavy atom. The number of nitrogens with zero attached hydrogens (tertiary/aromatic N) is 2. The standard InChI is InChI=1S/C19H30N2O5/c1-6-7-8-9-10-11-12-13-15(26-19(2,3)25-5)14-16(22)17(21-20)18(23)24-4/h10-13,15H,6-9,14H2,1-5H3/b11-10+,13-12+. The van der Waals surface area contributed by atoms with Gasteiger partial charge in [-0.2, -0.15) is 4.79 Å². The number of carbonyl (C=O) groups excluding carboxylic acids is 2. The maximum atomic E-state index is 12.2. The molecule has 7 heteroatoms. The van der Waals surface area contributed by atoms with Gasteiger partial charge in [-0.15, -0.1) is 0 Å². The van der Waals surface area contributed by atoms with E-state index in [1.165, 1.54) is 20.0 Å². The van der Waals surface area contributed by atoms with Gasteiger partial charge in [-0.1, -0.05) is 44.1 Å². The van der Waals surface area contributed by atoms with Crippen molar-refractivity contribution in [2.24, 2.45) is 0 Å². The Hall–Kier alpha value is -2.08. The summed E-state index contributed by atoms with van der Waals surface area (Å²) in [5.74, 6) is -2.61. The van der Waals surface area contributed by atoms with E-state index < -0.39 is 29.4 Å². The Balaban J connectivity index is 5.03. The average Bonchev–Trinajstić information content (AvgIpc) is 2.60. The first kappa shape index (κ1) is 23.9. The molecule has 0 aliphatic rings. The molecule has 7 nitrogen and oxygen atoms in total. The number of carbonyl (C=O) groups is 2. The van der Waals surface area contributed by atoms with Crippen LogP contribution >= 0.6 is 0 Å². The third-order valence-electron chi connectivity index (χ3n) is 3.60. The average molecular weight is 366 g/mol. The fourth-order valence-corrected chi connectivity index (χ4v) is 2.02. The molecule has 146 valence electrons. The van der Waals surface area contributed by atoms with E-state index in [4.69, 9.17) is 15.0 Å². The summed E-state index contributed by atoms with van der Waals surface area (Å²) in [4.78, 5) is 26.4. The Morgan fingerprint density at radius 2 is 1.88 bits per heavy atom. The van der Waals surface area contributed by atoms with Crippen molar-refractivity contribution in [3.05, 3.63) is 29.8 Å². The van der Waals surface area contributed by atoms with E-state index in [9.17, 15) is 9.59 Å². The van der Waals surface area contributed by atoms with Crippen LogP contribution in [0.2, 0.25) is 0 Å². The van der Waals surface area contributed by atoms with Gasteiger partial charge in [0, 0.05) is 13.5 Å². The predicted octanol–water partition coefficient (Wildman–Crippen LogP) is 3.25. The minimum atomic E-state index is -0.998. The van der Waals surface area contributed by atoms with Crippen LogP contribution in [0.3, 0.4) is 0 Å². The highest BCUT2D eigenvalue weighted by Crippen LogP contribution is 2.16. The normalized spacial score (nSPS) is 13.0. The summed E-state index contributed by atoms with van der Waals surface area (Å²) in [6, 6.07) is 0. The molecule has 0 N–H and O–H groups in total. The molecule has 0 aliphatic carbocycles. The number of hydrogen-bond acceptors (Lipinski definition) is 5. The van der Waals surface area contributed by atoms with Gasteiger partial charge in [0.25, 0.3) is 5.78 Å². The number of hydrogen-bond donors (Lipinski definition) is 0. The summed E-state index contributed by atoms with van der Waals surface area (Å²) in [5, 5.41) is 0. The summed E-state index contributed by atoms with van der Waals surface area (Å²) in [5.41, 5.74) is 8.21. The molecule has 0 fully saturated rings. The molecule has 0 radical (unpaired) electrons. The molecule has 0 aromatic carbocycles. The first-order valence-corrected chi connectivity index (χ1v) is 8.71. The lowest BCUT2D eigenvalue weighted by Gasteiger charge is -2.27. The van der Waals surface area contributed by atoms with Crippen LogP contribution in [0, 0.1) is 0 Å². The zero-order valence-electron chi connectivity index (χ0n) is 16.4. The second-order valence-electron chi connectivity index (χ2n) is 6.14. The minimum absolute atomic E-state index is 0.193. The molecule has 1 atom stereocenters. The largest absolute Gasteiger partial charge is 0.460 e. The van der Waals surface area contributed by atoms with Crippen molar-refractivity contribution in [1.82, 2.24) is 0 Å². The van der Waals surface area contributed by atoms with Gasteiger partial charge in [-0.05, 0) is 26.7 Å². The fourth-order valence-electron chi connectivity index (χ4n) is 2.02. The van der Waals surface area contributed by atoms with Gasteiger partial charge in [0.15, 0.2) is 5.79 Å². The molecule has 0 spiro atoms. The van der Waals surface area contributed by atoms with Crippen molar-refractivity contribution in [3.63, 3.8) is 0 Å². The van der Waals surface area contributed by atoms with Crippen molar-refractivity contribution in [3.8, 4) is 0 Å². The Kier molecular flexibility index (Phi) is 12.1. The molecule has 0 aliphatic heterocycles. The number of Topliss-reactive ketones (excluding diaryl/α,β-unsaturated/α-hetero) is 1. The third-order valence-corrected chi connectivity index (χ3v) is 3.60. The summed E-state index contributed by atoms with van der Waals surface area (Å²) in [6.07, 6.45) is 11.0. The molecular formula is C19H30N2O5. The molecule has 0 aromatic rings. The molecule has 1 unspecified atom stereocenters. The van der Waals surface area contributed by atoms with E-state index in [-0.39, 0.29) is 6.42 Å². The lowest BCUT2D eigenvalue weighted by Crippen LogP contribution is -2.35. The van der Waals surface area contributed by atoms with Crippen LogP contribution in [0.1, 0.15) is 52.9 Å². The van der Waals surface area contributed by atoms with Gasteiger partial charge in [0.05, 0.1) is 13.2 Å². The first-order chi connectivity index (χ1) is 12.3. The molecule has 0 bridgehead atoms. The van der Waals surface area contributed by atoms with E-state index in [1.807, 2.05) is 12.2 Å². The second kappa shape index (κ2) is 13.2. The number of unbranched alkanes of at least 4 members (excludes halogenated alkanes) is 3. The number of allylic oxidation sites excluding steroid dienone is 3. The van der Waals surface area contributed by atoms with Gasteiger partial charge in [-0.3, -0.25) is 4.79 Å². The van der Waals surface area contributed by atoms with E-state index >= 15 is 0 Å². The topological polar surface area (TPSA) is 98.2 Å². The van der Waals surface area contributed by atoms with Crippen molar-refractivity contribution in [2.45, 2.75) is 64.8 Å². The zero-order valence-corrected chi connectivity index (χ0v) is 16.4. The molecule has 0 aromatic heterocycles. The van der Waals surface area contributed by atoms with E-state index in [1.54, 1.807) is 26.0 Å². The number of methoxy groups -OCH3 is 2. The SMILES string of the molecule is CCCCC/C=C/C=C/C(CC(=O)C(=[N+]=[N-])C(=O)OC)OC(C)(C)OC. The molecule has 0 rings (SSSR count). The van der Waals surface area contributed by atoms with Crippen molar-refractivity contribution in [1.29, 1.82) is 0 Å². The maximum Gasteiger partial charge on any atom is 0.441 e. The summed E-state index contributed by atoms with van der Waals surface area (Å²) >= 11 is 0. The summed E-state index contributed by atoms with van der Waals surface area (Å²) < 4.78 is 15.4. The van der Waals surface area contributed by atoms with Gasteiger partial charge in [-0.25, -0.2) is 4.79 Å². The number of ether oxygens (including phenoxy) is 3. The Morgan fingerprint density at radius 3 is 2.42 bits per heavy atom. The Bertz CT molecular complexity index is 560. The highest BCUT2D eigenvalue weighted by Gasteiger charge is 2.33. The van der Waals surface area contributed by atoms with Crippen LogP contribution in [0.4, 0.5) is 0 Å². The lowest BCUT2D eigenvalue weighted by atomic mass is 10.1. The molecular weight excluding hydrogens is 336 g/mol. The molecule has 0 saturated carbocycles. The lowest BCUT2D eigenvalue weighted by molar-refractivity contribution is -0.214. The smallest absolute Gasteiger partial charge is 0.441 e.